The zero-order valence-corrected chi connectivity index (χ0v) is 23.6. The first-order chi connectivity index (χ1) is 17.7. The predicted octanol–water partition coefficient (Wildman–Crippen LogP) is 3.27. The van der Waals surface area contributed by atoms with Crippen molar-refractivity contribution in [2.45, 2.75) is 51.6 Å². The summed E-state index contributed by atoms with van der Waals surface area (Å²) in [5.74, 6) is -0.439. The van der Waals surface area contributed by atoms with Crippen molar-refractivity contribution in [2.75, 3.05) is 51.3 Å². The summed E-state index contributed by atoms with van der Waals surface area (Å²) in [4.78, 5) is 32.1. The number of hydrogen-bond donors (Lipinski definition) is 1. The maximum absolute atomic E-state index is 13.5. The van der Waals surface area contributed by atoms with Crippen LogP contribution >= 0.6 is 11.3 Å². The maximum atomic E-state index is 13.5. The molecule has 0 unspecified atom stereocenters. The summed E-state index contributed by atoms with van der Waals surface area (Å²) in [7, 11) is -3.64. The van der Waals surface area contributed by atoms with Gasteiger partial charge in [-0.2, -0.15) is 4.31 Å². The molecule has 2 aliphatic rings. The minimum atomic E-state index is -3.64. The largest absolute Gasteiger partial charge is 0.379 e. The maximum Gasteiger partial charge on any atom is 0.257 e. The van der Waals surface area contributed by atoms with Crippen LogP contribution in [0.4, 0.5) is 5.00 Å². The van der Waals surface area contributed by atoms with E-state index in [1.165, 1.54) is 39.9 Å². The minimum Gasteiger partial charge on any atom is -0.379 e. The van der Waals surface area contributed by atoms with Crippen molar-refractivity contribution < 1.29 is 22.7 Å². The van der Waals surface area contributed by atoms with E-state index in [1.807, 2.05) is 13.8 Å². The fraction of sp³-hybridized carbons (Fsp3) is 0.538. The Balaban J connectivity index is 1.59. The van der Waals surface area contributed by atoms with Crippen molar-refractivity contribution in [3.05, 3.63) is 45.8 Å². The number of hydrogen-bond acceptors (Lipinski definition) is 7. The summed E-state index contributed by atoms with van der Waals surface area (Å²) >= 11 is 1.46. The Morgan fingerprint density at radius 1 is 1.08 bits per heavy atom. The van der Waals surface area contributed by atoms with Gasteiger partial charge in [0.05, 0.1) is 23.7 Å². The molecular formula is C26H36N4O5S2. The number of benzene rings is 1. The van der Waals surface area contributed by atoms with Gasteiger partial charge in [-0.3, -0.25) is 14.5 Å². The number of carbonyl (C=O) groups is 2. The van der Waals surface area contributed by atoms with E-state index < -0.39 is 10.0 Å². The van der Waals surface area contributed by atoms with Crippen molar-refractivity contribution in [1.29, 1.82) is 0 Å². The van der Waals surface area contributed by atoms with Crippen LogP contribution < -0.4 is 5.32 Å². The number of nitrogens with one attached hydrogen (secondary N) is 1. The van der Waals surface area contributed by atoms with E-state index in [0.717, 1.165) is 30.0 Å². The molecule has 1 saturated heterocycles. The molecule has 2 aromatic rings. The molecule has 1 aromatic heterocycles. The lowest BCUT2D eigenvalue weighted by molar-refractivity contribution is 0.0730. The van der Waals surface area contributed by atoms with Gasteiger partial charge in [0, 0.05) is 55.8 Å². The molecule has 0 radical (unpaired) electrons. The monoisotopic (exact) mass is 548 g/mol. The number of carbonyl (C=O) groups excluding carboxylic acids is 2. The van der Waals surface area contributed by atoms with Crippen molar-refractivity contribution in [3.63, 3.8) is 0 Å². The molecule has 11 heteroatoms. The zero-order valence-electron chi connectivity index (χ0n) is 22.0. The second-order valence-corrected chi connectivity index (χ2v) is 12.5. The number of fused-ring (bicyclic) bond motifs is 1. The number of amides is 2. The number of nitrogens with zero attached hydrogens (tertiary/aromatic N) is 3. The van der Waals surface area contributed by atoms with Crippen molar-refractivity contribution in [3.8, 4) is 0 Å². The van der Waals surface area contributed by atoms with E-state index in [1.54, 1.807) is 4.90 Å². The molecule has 0 aliphatic carbocycles. The van der Waals surface area contributed by atoms with Gasteiger partial charge in [0.1, 0.15) is 5.00 Å². The van der Waals surface area contributed by atoms with Gasteiger partial charge < -0.3 is 15.0 Å². The van der Waals surface area contributed by atoms with Crippen LogP contribution in [0.3, 0.4) is 0 Å². The van der Waals surface area contributed by atoms with Crippen LogP contribution in [-0.4, -0.2) is 86.3 Å². The smallest absolute Gasteiger partial charge is 0.257 e. The Bertz CT molecular complexity index is 1230. The van der Waals surface area contributed by atoms with Gasteiger partial charge in [0.25, 0.3) is 11.8 Å². The summed E-state index contributed by atoms with van der Waals surface area (Å²) in [5.41, 5.74) is 1.95. The second kappa shape index (κ2) is 11.6. The van der Waals surface area contributed by atoms with E-state index >= 15 is 0 Å². The summed E-state index contributed by atoms with van der Waals surface area (Å²) in [6.07, 6.45) is 0.760. The summed E-state index contributed by atoms with van der Waals surface area (Å²) in [5, 5.41) is 3.53. The lowest BCUT2D eigenvalue weighted by Gasteiger charge is -2.30. The molecular weight excluding hydrogens is 512 g/mol. The normalized spacial score (nSPS) is 17.0. The molecule has 4 rings (SSSR count). The van der Waals surface area contributed by atoms with Gasteiger partial charge in [0.2, 0.25) is 10.0 Å². The van der Waals surface area contributed by atoms with E-state index in [9.17, 15) is 18.0 Å². The molecule has 2 aliphatic heterocycles. The fourth-order valence-corrected chi connectivity index (χ4v) is 7.41. The molecule has 2 amide bonds. The first kappa shape index (κ1) is 27.7. The highest BCUT2D eigenvalue weighted by atomic mass is 32.2. The highest BCUT2D eigenvalue weighted by Crippen LogP contribution is 2.38. The van der Waals surface area contributed by atoms with Gasteiger partial charge >= 0.3 is 0 Å². The Hall–Kier alpha value is -2.31. The molecule has 1 N–H and O–H groups in total. The average Bonchev–Trinajstić information content (AvgIpc) is 3.26. The van der Waals surface area contributed by atoms with Gasteiger partial charge in [0.15, 0.2) is 0 Å². The van der Waals surface area contributed by atoms with Crippen molar-refractivity contribution in [1.82, 2.24) is 14.1 Å². The van der Waals surface area contributed by atoms with Crippen LogP contribution in [0, 0.1) is 0 Å². The average molecular weight is 549 g/mol. The summed E-state index contributed by atoms with van der Waals surface area (Å²) < 4.78 is 32.5. The van der Waals surface area contributed by atoms with Crippen LogP contribution in [0.2, 0.25) is 0 Å². The first-order valence-electron chi connectivity index (χ1n) is 12.8. The Morgan fingerprint density at radius 2 is 1.73 bits per heavy atom. The Labute approximate surface area is 223 Å². The van der Waals surface area contributed by atoms with Crippen LogP contribution in [0.25, 0.3) is 0 Å². The topological polar surface area (TPSA) is 99.3 Å². The first-order valence-corrected chi connectivity index (χ1v) is 15.1. The molecule has 1 fully saturated rings. The number of rotatable bonds is 8. The van der Waals surface area contributed by atoms with Gasteiger partial charge in [-0.05, 0) is 63.9 Å². The molecule has 1 aromatic carbocycles. The third-order valence-electron chi connectivity index (χ3n) is 7.03. The van der Waals surface area contributed by atoms with Crippen LogP contribution in [0.15, 0.2) is 29.2 Å². The number of sulfonamides is 1. The molecule has 3 heterocycles. The van der Waals surface area contributed by atoms with E-state index in [0.29, 0.717) is 61.6 Å². The molecule has 0 bridgehead atoms. The highest BCUT2D eigenvalue weighted by molar-refractivity contribution is 7.89. The predicted molar refractivity (Wildman–Crippen MR) is 145 cm³/mol. The molecule has 0 saturated carbocycles. The minimum absolute atomic E-state index is 0.0669. The third-order valence-corrected chi connectivity index (χ3v) is 10.1. The number of ether oxygens (including phenoxy) is 1. The number of anilines is 1. The second-order valence-electron chi connectivity index (χ2n) is 9.49. The highest BCUT2D eigenvalue weighted by Gasteiger charge is 2.31. The number of morpholine rings is 1. The summed E-state index contributed by atoms with van der Waals surface area (Å²) in [6.45, 7) is 12.4. The molecule has 37 heavy (non-hydrogen) atoms. The molecule has 9 nitrogen and oxygen atoms in total. The Kier molecular flexibility index (Phi) is 8.70. The van der Waals surface area contributed by atoms with E-state index in [2.05, 4.69) is 24.1 Å². The van der Waals surface area contributed by atoms with Gasteiger partial charge in [-0.25, -0.2) is 8.42 Å². The van der Waals surface area contributed by atoms with Gasteiger partial charge in [-0.15, -0.1) is 11.3 Å². The van der Waals surface area contributed by atoms with Crippen molar-refractivity contribution >= 4 is 38.2 Å². The lowest BCUT2D eigenvalue weighted by atomic mass is 10.0. The SMILES string of the molecule is CCN(CC)C(=O)c1c(NC(=O)c2ccc(S(=O)(=O)N3CCOCC3)cc2)sc2c1CCN(C(C)C)C2. The summed E-state index contributed by atoms with van der Waals surface area (Å²) in [6, 6.07) is 6.34. The van der Waals surface area contributed by atoms with Crippen LogP contribution in [0.1, 0.15) is 58.9 Å². The van der Waals surface area contributed by atoms with Crippen LogP contribution in [0.5, 0.6) is 0 Å². The zero-order chi connectivity index (χ0) is 26.7. The molecule has 0 atom stereocenters. The van der Waals surface area contributed by atoms with E-state index in [-0.39, 0.29) is 16.7 Å². The van der Waals surface area contributed by atoms with Crippen molar-refractivity contribution in [2.24, 2.45) is 0 Å². The molecule has 202 valence electrons. The Morgan fingerprint density at radius 3 is 2.32 bits per heavy atom. The van der Waals surface area contributed by atoms with Crippen LogP contribution in [-0.2, 0) is 27.7 Å². The standard InChI is InChI=1S/C26H36N4O5S2/c1-5-28(6-2)26(32)23-21-11-12-29(18(3)4)17-22(21)36-25(23)27-24(31)19-7-9-20(10-8-19)37(33,34)30-13-15-35-16-14-30/h7-10,18H,5-6,11-17H2,1-4H3,(H,27,31). The number of thiophene rings is 1. The molecule has 0 spiro atoms. The quantitative estimate of drug-likeness (QED) is 0.544. The lowest BCUT2D eigenvalue weighted by Crippen LogP contribution is -2.40. The van der Waals surface area contributed by atoms with E-state index in [4.69, 9.17) is 4.74 Å². The third kappa shape index (κ3) is 5.75. The fourth-order valence-electron chi connectivity index (χ4n) is 4.74. The van der Waals surface area contributed by atoms with Gasteiger partial charge in [-0.1, -0.05) is 0 Å².